The maximum absolute atomic E-state index is 14.2. The first kappa shape index (κ1) is 23.6. The molecular formula is C23H31FN6O2. The second-order valence-electron chi connectivity index (χ2n) is 8.05. The van der Waals surface area contributed by atoms with Gasteiger partial charge in [0.15, 0.2) is 0 Å². The molecule has 1 saturated heterocycles. The van der Waals surface area contributed by atoms with Gasteiger partial charge >= 0.3 is 11.8 Å². The maximum atomic E-state index is 14.2. The van der Waals surface area contributed by atoms with Gasteiger partial charge in [-0.1, -0.05) is 18.2 Å². The van der Waals surface area contributed by atoms with E-state index < -0.39 is 11.8 Å². The Labute approximate surface area is 188 Å². The number of piperazine rings is 1. The molecule has 32 heavy (non-hydrogen) atoms. The topological polar surface area (TPSA) is 80.8 Å². The molecule has 1 aromatic carbocycles. The minimum atomic E-state index is -0.650. The predicted molar refractivity (Wildman–Crippen MR) is 122 cm³/mol. The number of carbonyl (C=O) groups excluding carboxylic acids is 2. The first-order valence-corrected chi connectivity index (χ1v) is 10.8. The number of amides is 2. The van der Waals surface area contributed by atoms with Gasteiger partial charge in [-0.05, 0) is 37.9 Å². The third-order valence-electron chi connectivity index (χ3n) is 5.52. The van der Waals surface area contributed by atoms with E-state index in [-0.39, 0.29) is 18.4 Å². The summed E-state index contributed by atoms with van der Waals surface area (Å²) in [7, 11) is 3.80. The lowest BCUT2D eigenvalue weighted by Crippen LogP contribution is -2.51. The highest BCUT2D eigenvalue weighted by atomic mass is 19.1. The Morgan fingerprint density at radius 1 is 1.06 bits per heavy atom. The second-order valence-corrected chi connectivity index (χ2v) is 8.05. The summed E-state index contributed by atoms with van der Waals surface area (Å²) in [6.07, 6.45) is 3.48. The van der Waals surface area contributed by atoms with E-state index in [1.54, 1.807) is 24.5 Å². The minimum Gasteiger partial charge on any atom is -0.367 e. The standard InChI is InChI=1S/C23H31FN6O2/c1-28(2)11-10-26-22(31)23(32)27-17-21(18-6-5-9-25-16-18)30-14-12-29(13-15-30)20-8-4-3-7-19(20)24/h3-9,16,21H,10-15,17H2,1-2H3,(H,26,31)(H,27,32). The number of benzene rings is 1. The lowest BCUT2D eigenvalue weighted by molar-refractivity contribution is -0.139. The molecule has 9 heteroatoms. The number of pyridine rings is 1. The van der Waals surface area contributed by atoms with Gasteiger partial charge in [0.2, 0.25) is 0 Å². The smallest absolute Gasteiger partial charge is 0.309 e. The van der Waals surface area contributed by atoms with Crippen molar-refractivity contribution in [2.24, 2.45) is 0 Å². The van der Waals surface area contributed by atoms with E-state index in [4.69, 9.17) is 0 Å². The van der Waals surface area contributed by atoms with Gasteiger partial charge < -0.3 is 20.4 Å². The van der Waals surface area contributed by atoms with Crippen molar-refractivity contribution in [3.05, 3.63) is 60.2 Å². The van der Waals surface area contributed by atoms with Crippen LogP contribution < -0.4 is 15.5 Å². The van der Waals surface area contributed by atoms with Crippen molar-refractivity contribution in [1.29, 1.82) is 0 Å². The zero-order valence-electron chi connectivity index (χ0n) is 18.6. The number of halogens is 1. The van der Waals surface area contributed by atoms with Crippen LogP contribution in [0.1, 0.15) is 11.6 Å². The second kappa shape index (κ2) is 11.5. The van der Waals surface area contributed by atoms with E-state index in [9.17, 15) is 14.0 Å². The number of carbonyl (C=O) groups is 2. The van der Waals surface area contributed by atoms with Crippen molar-refractivity contribution in [3.63, 3.8) is 0 Å². The van der Waals surface area contributed by atoms with Crippen LogP contribution in [-0.4, -0.2) is 86.5 Å². The highest BCUT2D eigenvalue weighted by Gasteiger charge is 2.27. The van der Waals surface area contributed by atoms with Crippen molar-refractivity contribution >= 4 is 17.5 Å². The fourth-order valence-electron chi connectivity index (χ4n) is 3.76. The first-order chi connectivity index (χ1) is 15.5. The SMILES string of the molecule is CN(C)CCNC(=O)C(=O)NCC(c1cccnc1)N1CCN(c2ccccc2F)CC1. The highest BCUT2D eigenvalue weighted by Crippen LogP contribution is 2.25. The molecule has 0 aliphatic carbocycles. The van der Waals surface area contributed by atoms with Crippen molar-refractivity contribution in [2.45, 2.75) is 6.04 Å². The molecule has 1 aliphatic rings. The zero-order chi connectivity index (χ0) is 22.9. The molecule has 0 bridgehead atoms. The molecule has 1 unspecified atom stereocenters. The minimum absolute atomic E-state index is 0.134. The number of nitrogens with one attached hydrogen (secondary N) is 2. The Morgan fingerprint density at radius 2 is 1.78 bits per heavy atom. The first-order valence-electron chi connectivity index (χ1n) is 10.8. The maximum Gasteiger partial charge on any atom is 0.309 e. The molecule has 1 atom stereocenters. The molecule has 1 fully saturated rings. The fraction of sp³-hybridized carbons (Fsp3) is 0.435. The van der Waals surface area contributed by atoms with Crippen LogP contribution in [-0.2, 0) is 9.59 Å². The summed E-state index contributed by atoms with van der Waals surface area (Å²) in [5.41, 5.74) is 1.56. The van der Waals surface area contributed by atoms with Gasteiger partial charge in [-0.15, -0.1) is 0 Å². The van der Waals surface area contributed by atoms with Crippen molar-refractivity contribution in [2.75, 3.05) is 64.8 Å². The number of hydrogen-bond donors (Lipinski definition) is 2. The van der Waals surface area contributed by atoms with Gasteiger partial charge in [0.1, 0.15) is 5.82 Å². The average molecular weight is 443 g/mol. The van der Waals surface area contributed by atoms with Gasteiger partial charge in [0, 0.05) is 58.2 Å². The fourth-order valence-corrected chi connectivity index (χ4v) is 3.76. The van der Waals surface area contributed by atoms with Gasteiger partial charge in [0.25, 0.3) is 0 Å². The molecule has 2 aromatic rings. The Balaban J connectivity index is 1.60. The summed E-state index contributed by atoms with van der Waals surface area (Å²) >= 11 is 0. The molecular weight excluding hydrogens is 411 g/mol. The van der Waals surface area contributed by atoms with Gasteiger partial charge in [0.05, 0.1) is 11.7 Å². The third-order valence-corrected chi connectivity index (χ3v) is 5.52. The molecule has 1 aromatic heterocycles. The summed E-state index contributed by atoms with van der Waals surface area (Å²) in [4.78, 5) is 34.8. The van der Waals surface area contributed by atoms with Crippen LogP contribution >= 0.6 is 0 Å². The summed E-state index contributed by atoms with van der Waals surface area (Å²) in [5.74, 6) is -1.51. The van der Waals surface area contributed by atoms with Crippen LogP contribution in [0.4, 0.5) is 10.1 Å². The number of hydrogen-bond acceptors (Lipinski definition) is 6. The molecule has 1 aliphatic heterocycles. The number of para-hydroxylation sites is 1. The van der Waals surface area contributed by atoms with Crippen LogP contribution in [0.25, 0.3) is 0 Å². The predicted octanol–water partition coefficient (Wildman–Crippen LogP) is 0.878. The monoisotopic (exact) mass is 442 g/mol. The van der Waals surface area contributed by atoms with E-state index in [1.807, 2.05) is 42.1 Å². The number of rotatable bonds is 8. The number of anilines is 1. The molecule has 8 nitrogen and oxygen atoms in total. The van der Waals surface area contributed by atoms with Crippen LogP contribution in [0.15, 0.2) is 48.8 Å². The summed E-state index contributed by atoms with van der Waals surface area (Å²) < 4.78 is 14.2. The van der Waals surface area contributed by atoms with E-state index in [0.29, 0.717) is 45.0 Å². The van der Waals surface area contributed by atoms with Gasteiger partial charge in [-0.2, -0.15) is 0 Å². The lowest BCUT2D eigenvalue weighted by atomic mass is 10.1. The van der Waals surface area contributed by atoms with Crippen LogP contribution in [0.2, 0.25) is 0 Å². The van der Waals surface area contributed by atoms with Crippen molar-refractivity contribution in [3.8, 4) is 0 Å². The van der Waals surface area contributed by atoms with Gasteiger partial charge in [-0.25, -0.2) is 4.39 Å². The number of nitrogens with zero attached hydrogens (tertiary/aromatic N) is 4. The molecule has 2 N–H and O–H groups in total. The van der Waals surface area contributed by atoms with E-state index in [1.165, 1.54) is 6.07 Å². The molecule has 2 amide bonds. The quantitative estimate of drug-likeness (QED) is 0.591. The lowest BCUT2D eigenvalue weighted by Gasteiger charge is -2.40. The van der Waals surface area contributed by atoms with E-state index in [2.05, 4.69) is 20.5 Å². The normalized spacial score (nSPS) is 15.4. The van der Waals surface area contributed by atoms with E-state index >= 15 is 0 Å². The summed E-state index contributed by atoms with van der Waals surface area (Å²) in [5, 5.41) is 5.39. The molecule has 0 radical (unpaired) electrons. The molecule has 3 rings (SSSR count). The zero-order valence-corrected chi connectivity index (χ0v) is 18.6. The largest absolute Gasteiger partial charge is 0.367 e. The van der Waals surface area contributed by atoms with Crippen LogP contribution in [0, 0.1) is 5.82 Å². The average Bonchev–Trinajstić information content (AvgIpc) is 2.80. The number of likely N-dealkylation sites (N-methyl/N-ethyl adjacent to an activating group) is 1. The molecule has 0 spiro atoms. The highest BCUT2D eigenvalue weighted by molar-refractivity contribution is 6.35. The Hall–Kier alpha value is -3.04. The van der Waals surface area contributed by atoms with Crippen molar-refractivity contribution in [1.82, 2.24) is 25.4 Å². The molecule has 172 valence electrons. The number of aromatic nitrogens is 1. The van der Waals surface area contributed by atoms with E-state index in [0.717, 1.165) is 5.56 Å². The summed E-state index contributed by atoms with van der Waals surface area (Å²) in [6, 6.07) is 10.5. The van der Waals surface area contributed by atoms with Gasteiger partial charge in [-0.3, -0.25) is 19.5 Å². The van der Waals surface area contributed by atoms with Crippen LogP contribution in [0.3, 0.4) is 0 Å². The Morgan fingerprint density at radius 3 is 2.44 bits per heavy atom. The molecule has 2 heterocycles. The Bertz CT molecular complexity index is 887. The third kappa shape index (κ3) is 6.48. The Kier molecular flexibility index (Phi) is 8.52. The van der Waals surface area contributed by atoms with Crippen LogP contribution in [0.5, 0.6) is 0 Å². The molecule has 0 saturated carbocycles. The summed E-state index contributed by atoms with van der Waals surface area (Å²) in [6.45, 7) is 4.06. The van der Waals surface area contributed by atoms with Crippen molar-refractivity contribution < 1.29 is 14.0 Å².